The summed E-state index contributed by atoms with van der Waals surface area (Å²) in [7, 11) is 0. The van der Waals surface area contributed by atoms with Gasteiger partial charge in [-0.2, -0.15) is 4.68 Å². The highest BCUT2D eigenvalue weighted by Crippen LogP contribution is 2.40. The van der Waals surface area contributed by atoms with Crippen molar-refractivity contribution in [1.82, 2.24) is 20.0 Å². The van der Waals surface area contributed by atoms with Gasteiger partial charge in [0.1, 0.15) is 5.52 Å². The molecule has 1 N–H and O–H groups in total. The summed E-state index contributed by atoms with van der Waals surface area (Å²) in [5.41, 5.74) is 6.81. The van der Waals surface area contributed by atoms with Crippen LogP contribution in [0, 0.1) is 0 Å². The molecule has 0 spiro atoms. The maximum absolute atomic E-state index is 13.6. The number of carbonyl (C=O) groups is 1. The van der Waals surface area contributed by atoms with Gasteiger partial charge in [-0.05, 0) is 34.9 Å². The van der Waals surface area contributed by atoms with Gasteiger partial charge in [0, 0.05) is 23.2 Å². The zero-order valence-corrected chi connectivity index (χ0v) is 18.4. The minimum Gasteiger partial charge on any atom is -0.354 e. The molecule has 5 heteroatoms. The smallest absolute Gasteiger partial charge is 0.249 e. The van der Waals surface area contributed by atoms with Crippen LogP contribution in [0.2, 0.25) is 0 Å². The van der Waals surface area contributed by atoms with Crippen molar-refractivity contribution < 1.29 is 4.79 Å². The Labute approximate surface area is 196 Å². The Morgan fingerprint density at radius 1 is 0.794 bits per heavy atom. The van der Waals surface area contributed by atoms with Crippen molar-refractivity contribution >= 4 is 27.8 Å². The van der Waals surface area contributed by atoms with Crippen LogP contribution in [-0.2, 0) is 0 Å². The first kappa shape index (κ1) is 20.1. The molecule has 0 amide bonds. The Balaban J connectivity index is 1.53. The molecule has 6 aromatic rings. The van der Waals surface area contributed by atoms with E-state index in [1.807, 2.05) is 72.8 Å². The predicted molar refractivity (Wildman–Crippen MR) is 135 cm³/mol. The van der Waals surface area contributed by atoms with E-state index in [1.54, 1.807) is 0 Å². The van der Waals surface area contributed by atoms with E-state index in [9.17, 15) is 4.79 Å². The third-order valence-electron chi connectivity index (χ3n) is 6.33. The van der Waals surface area contributed by atoms with Gasteiger partial charge in [-0.1, -0.05) is 96.2 Å². The van der Waals surface area contributed by atoms with Gasteiger partial charge in [0.25, 0.3) is 0 Å². The second kappa shape index (κ2) is 8.45. The lowest BCUT2D eigenvalue weighted by molar-refractivity contribution is 0.0885. The van der Waals surface area contributed by atoms with Crippen molar-refractivity contribution in [2.45, 2.75) is 12.3 Å². The van der Waals surface area contributed by atoms with Gasteiger partial charge in [-0.25, -0.2) is 0 Å². The first-order valence-corrected chi connectivity index (χ1v) is 11.3. The number of hydrogen-bond acceptors (Lipinski definition) is 3. The zero-order chi connectivity index (χ0) is 22.9. The Hall–Kier alpha value is -4.51. The lowest BCUT2D eigenvalue weighted by Crippen LogP contribution is -2.17. The molecule has 0 saturated heterocycles. The minimum atomic E-state index is -0.164. The number of fused-ring (bicyclic) bond motifs is 2. The van der Waals surface area contributed by atoms with E-state index in [-0.39, 0.29) is 18.2 Å². The highest BCUT2D eigenvalue weighted by Gasteiger charge is 2.27. The van der Waals surface area contributed by atoms with E-state index < -0.39 is 0 Å². The molecule has 4 aromatic carbocycles. The normalized spacial score (nSPS) is 12.2. The summed E-state index contributed by atoms with van der Waals surface area (Å²) in [6.07, 6.45) is 0.263. The van der Waals surface area contributed by atoms with Crippen LogP contribution in [0.25, 0.3) is 33.2 Å². The summed E-state index contributed by atoms with van der Waals surface area (Å²) in [6, 6.07) is 36.3. The van der Waals surface area contributed by atoms with E-state index in [1.165, 1.54) is 4.68 Å². The number of H-pyrrole nitrogens is 1. The molecule has 0 aliphatic heterocycles. The molecule has 0 radical (unpaired) electrons. The topological polar surface area (TPSA) is 63.6 Å². The predicted octanol–water partition coefficient (Wildman–Crippen LogP) is 6.44. The standard InChI is InChI=1S/C29H22N4O/c34-27(33-26-18-10-9-17-25(26)31-32-33)19-23(20-11-3-1-4-12-20)28-22-15-7-8-16-24(22)30-29(28)21-13-5-2-6-14-21/h1-18,23,30H,19H2. The van der Waals surface area contributed by atoms with Crippen LogP contribution in [0.15, 0.2) is 109 Å². The van der Waals surface area contributed by atoms with E-state index in [0.29, 0.717) is 5.52 Å². The van der Waals surface area contributed by atoms with Gasteiger partial charge in [-0.3, -0.25) is 4.79 Å². The Morgan fingerprint density at radius 2 is 1.47 bits per heavy atom. The third-order valence-corrected chi connectivity index (χ3v) is 6.33. The van der Waals surface area contributed by atoms with Crippen molar-refractivity contribution in [3.8, 4) is 11.3 Å². The Bertz CT molecular complexity index is 1600. The molecule has 0 aliphatic rings. The number of hydrogen-bond donors (Lipinski definition) is 1. The fraction of sp³-hybridized carbons (Fsp3) is 0.0690. The van der Waals surface area contributed by atoms with Crippen LogP contribution in [0.1, 0.15) is 28.3 Å². The fourth-order valence-electron chi connectivity index (χ4n) is 4.74. The van der Waals surface area contributed by atoms with Gasteiger partial charge in [-0.15, -0.1) is 5.10 Å². The van der Waals surface area contributed by atoms with E-state index in [4.69, 9.17) is 0 Å². The van der Waals surface area contributed by atoms with Crippen LogP contribution >= 0.6 is 0 Å². The highest BCUT2D eigenvalue weighted by molar-refractivity contribution is 5.94. The van der Waals surface area contributed by atoms with Crippen molar-refractivity contribution in [2.75, 3.05) is 0 Å². The molecule has 5 nitrogen and oxygen atoms in total. The van der Waals surface area contributed by atoms with Crippen LogP contribution < -0.4 is 0 Å². The van der Waals surface area contributed by atoms with Crippen molar-refractivity contribution in [1.29, 1.82) is 0 Å². The molecule has 164 valence electrons. The number of carbonyl (C=O) groups excluding carboxylic acids is 1. The van der Waals surface area contributed by atoms with Crippen molar-refractivity contribution in [3.05, 3.63) is 120 Å². The quantitative estimate of drug-likeness (QED) is 0.334. The molecular formula is C29H22N4O. The first-order valence-electron chi connectivity index (χ1n) is 11.3. The summed E-state index contributed by atoms with van der Waals surface area (Å²) in [4.78, 5) is 17.3. The molecule has 1 atom stereocenters. The third kappa shape index (κ3) is 3.48. The first-order chi connectivity index (χ1) is 16.8. The maximum Gasteiger partial charge on any atom is 0.249 e. The van der Waals surface area contributed by atoms with Gasteiger partial charge >= 0.3 is 0 Å². The molecule has 0 aliphatic carbocycles. The lowest BCUT2D eigenvalue weighted by atomic mass is 9.85. The van der Waals surface area contributed by atoms with E-state index in [2.05, 4.69) is 51.7 Å². The summed E-state index contributed by atoms with van der Waals surface area (Å²) < 4.78 is 1.43. The molecule has 0 bridgehead atoms. The SMILES string of the molecule is O=C(CC(c1ccccc1)c1c(-c2ccccc2)[nH]c2ccccc12)n1nnc2ccccc21. The Morgan fingerprint density at radius 3 is 2.29 bits per heavy atom. The second-order valence-corrected chi connectivity index (χ2v) is 8.38. The number of rotatable bonds is 5. The number of para-hydroxylation sites is 2. The zero-order valence-electron chi connectivity index (χ0n) is 18.4. The van der Waals surface area contributed by atoms with Gasteiger partial charge in [0.2, 0.25) is 5.91 Å². The van der Waals surface area contributed by atoms with Crippen molar-refractivity contribution in [2.24, 2.45) is 0 Å². The Kier molecular flexibility index (Phi) is 5.00. The highest BCUT2D eigenvalue weighted by atomic mass is 16.2. The van der Waals surface area contributed by atoms with Crippen LogP contribution in [0.4, 0.5) is 0 Å². The maximum atomic E-state index is 13.6. The molecule has 1 unspecified atom stereocenters. The summed E-state index contributed by atoms with van der Waals surface area (Å²) in [5.74, 6) is -0.255. The number of benzene rings is 4. The summed E-state index contributed by atoms with van der Waals surface area (Å²) in [5, 5.41) is 9.48. The van der Waals surface area contributed by atoms with Crippen LogP contribution in [-0.4, -0.2) is 25.9 Å². The van der Waals surface area contributed by atoms with Gasteiger partial charge < -0.3 is 4.98 Å². The average molecular weight is 443 g/mol. The average Bonchev–Trinajstić information content (AvgIpc) is 3.50. The number of aromatic amines is 1. The second-order valence-electron chi connectivity index (χ2n) is 8.38. The lowest BCUT2D eigenvalue weighted by Gasteiger charge is -2.19. The summed E-state index contributed by atoms with van der Waals surface area (Å²) >= 11 is 0. The number of nitrogens with zero attached hydrogens (tertiary/aromatic N) is 3. The van der Waals surface area contributed by atoms with Gasteiger partial charge in [0.05, 0.1) is 11.2 Å². The molecule has 0 fully saturated rings. The number of nitrogens with one attached hydrogen (secondary N) is 1. The molecular weight excluding hydrogens is 420 g/mol. The molecule has 2 heterocycles. The molecule has 0 saturated carbocycles. The van der Waals surface area contributed by atoms with Crippen LogP contribution in [0.3, 0.4) is 0 Å². The largest absolute Gasteiger partial charge is 0.354 e. The monoisotopic (exact) mass is 442 g/mol. The summed E-state index contributed by atoms with van der Waals surface area (Å²) in [6.45, 7) is 0. The van der Waals surface area contributed by atoms with E-state index >= 15 is 0 Å². The molecule has 34 heavy (non-hydrogen) atoms. The number of aromatic nitrogens is 4. The molecule has 2 aromatic heterocycles. The van der Waals surface area contributed by atoms with Gasteiger partial charge in [0.15, 0.2) is 0 Å². The van der Waals surface area contributed by atoms with E-state index in [0.717, 1.165) is 38.8 Å². The fourth-order valence-corrected chi connectivity index (χ4v) is 4.74. The molecule has 6 rings (SSSR count). The minimum absolute atomic E-state index is 0.0909. The van der Waals surface area contributed by atoms with Crippen molar-refractivity contribution in [3.63, 3.8) is 0 Å². The van der Waals surface area contributed by atoms with Crippen LogP contribution in [0.5, 0.6) is 0 Å².